The lowest BCUT2D eigenvalue weighted by Crippen LogP contribution is -2.67. The molecule has 4 fully saturated rings. The largest absolute Gasteiger partial charge is 0.394 e. The van der Waals surface area contributed by atoms with E-state index >= 15 is 0 Å². The minimum Gasteiger partial charge on any atom is -0.394 e. The Morgan fingerprint density at radius 2 is 1.59 bits per heavy atom. The van der Waals surface area contributed by atoms with Crippen molar-refractivity contribution in [2.45, 2.75) is 151 Å². The topological polar surface area (TPSA) is 232 Å². The van der Waals surface area contributed by atoms with Gasteiger partial charge >= 0.3 is 0 Å². The molecule has 9 N–H and O–H groups in total. The van der Waals surface area contributed by atoms with Gasteiger partial charge < -0.3 is 65.6 Å². The van der Waals surface area contributed by atoms with Crippen LogP contribution in [0, 0.1) is 11.8 Å². The highest BCUT2D eigenvalue weighted by atomic mass is 16.7. The fourth-order valence-corrected chi connectivity index (χ4v) is 7.20. The van der Waals surface area contributed by atoms with E-state index in [-0.39, 0.29) is 24.3 Å². The Balaban J connectivity index is 1.58. The molecule has 4 aliphatic rings. The van der Waals surface area contributed by atoms with E-state index in [9.17, 15) is 35.1 Å². The molecule has 0 aromatic heterocycles. The second-order valence-electron chi connectivity index (χ2n) is 13.3. The van der Waals surface area contributed by atoms with E-state index in [1.54, 1.807) is 6.92 Å². The minimum atomic E-state index is -1.51. The number of rotatable bonds is 12. The molecule has 0 bridgehead atoms. The van der Waals surface area contributed by atoms with Crippen molar-refractivity contribution < 1.29 is 58.8 Å². The average Bonchev–Trinajstić information content (AvgIpc) is 3.06. The third-order valence-electron chi connectivity index (χ3n) is 9.98. The molecule has 46 heavy (non-hydrogen) atoms. The predicted octanol–water partition coefficient (Wildman–Crippen LogP) is -1.60. The van der Waals surface area contributed by atoms with Crippen LogP contribution in [0.25, 0.3) is 0 Å². The summed E-state index contributed by atoms with van der Waals surface area (Å²) in [5.41, 5.74) is 5.64. The molecule has 2 saturated carbocycles. The highest BCUT2D eigenvalue weighted by Crippen LogP contribution is 2.36. The molecule has 14 atom stereocenters. The molecular formula is C31H55N3O12. The SMILES string of the molecule is CNC(=O)[C@H](CC1CCCCC1)OC1C(NC(=O)CN)[C@H](O[C@@H]2CCCC(C)C2O[C@@H]2OC(C)[C@@H](O)C(O)C2O)OC(CO)[C@@H]1O. The van der Waals surface area contributed by atoms with Gasteiger partial charge in [0.15, 0.2) is 12.6 Å². The standard InChI is InChI=1S/C31H55N3O12/c1-15-8-7-11-18(27(15)46-31-26(40)25(39)23(37)16(2)42-31)44-30-22(34-21(36)13-32)28(24(38)20(14-35)45-30)43-19(29(41)33-3)12-17-9-5-4-6-10-17/h15-20,22-28,30-31,35,37-40H,4-14,32H2,1-3H3,(H,33,41)(H,34,36)/t15?,16?,18-,19+,20?,22?,23-,24+,25?,26?,27?,28?,30-,31+/m1/s1. The highest BCUT2D eigenvalue weighted by Gasteiger charge is 2.51. The highest BCUT2D eigenvalue weighted by molar-refractivity contribution is 5.80. The molecule has 2 saturated heterocycles. The van der Waals surface area contributed by atoms with Crippen molar-refractivity contribution >= 4 is 11.8 Å². The molecule has 2 aliphatic carbocycles. The zero-order valence-corrected chi connectivity index (χ0v) is 27.1. The van der Waals surface area contributed by atoms with Crippen LogP contribution < -0.4 is 16.4 Å². The van der Waals surface area contributed by atoms with Crippen molar-refractivity contribution in [3.05, 3.63) is 0 Å². The first-order valence-corrected chi connectivity index (χ1v) is 16.8. The van der Waals surface area contributed by atoms with Crippen LogP contribution in [0.1, 0.15) is 71.6 Å². The first-order chi connectivity index (χ1) is 22.0. The van der Waals surface area contributed by atoms with Gasteiger partial charge in [-0.05, 0) is 38.0 Å². The van der Waals surface area contributed by atoms with Gasteiger partial charge in [0.2, 0.25) is 11.8 Å². The van der Waals surface area contributed by atoms with Crippen molar-refractivity contribution in [3.8, 4) is 0 Å². The Hall–Kier alpha value is -1.50. The summed E-state index contributed by atoms with van der Waals surface area (Å²) in [7, 11) is 1.51. The van der Waals surface area contributed by atoms with E-state index in [1.165, 1.54) is 7.05 Å². The van der Waals surface area contributed by atoms with Gasteiger partial charge in [-0.2, -0.15) is 0 Å². The zero-order chi connectivity index (χ0) is 33.5. The summed E-state index contributed by atoms with van der Waals surface area (Å²) in [5.74, 6) is -0.770. The van der Waals surface area contributed by atoms with Gasteiger partial charge in [0.1, 0.15) is 48.8 Å². The van der Waals surface area contributed by atoms with E-state index in [2.05, 4.69) is 10.6 Å². The van der Waals surface area contributed by atoms with E-state index < -0.39 is 92.2 Å². The van der Waals surface area contributed by atoms with E-state index in [0.29, 0.717) is 12.8 Å². The van der Waals surface area contributed by atoms with Crippen molar-refractivity contribution in [2.24, 2.45) is 17.6 Å². The molecule has 15 nitrogen and oxygen atoms in total. The number of aliphatic hydroxyl groups excluding tert-OH is 5. The number of nitrogens with one attached hydrogen (secondary N) is 2. The molecular weight excluding hydrogens is 606 g/mol. The van der Waals surface area contributed by atoms with Crippen molar-refractivity contribution in [1.29, 1.82) is 0 Å². The number of aliphatic hydroxyl groups is 5. The first kappa shape index (κ1) is 37.3. The Morgan fingerprint density at radius 3 is 2.24 bits per heavy atom. The number of nitrogens with two attached hydrogens (primary N) is 1. The minimum absolute atomic E-state index is 0.0890. The summed E-state index contributed by atoms with van der Waals surface area (Å²) in [5, 5.41) is 58.0. The van der Waals surface area contributed by atoms with E-state index in [0.717, 1.165) is 44.9 Å². The van der Waals surface area contributed by atoms with Gasteiger partial charge in [0.05, 0.1) is 31.5 Å². The zero-order valence-electron chi connectivity index (χ0n) is 27.1. The monoisotopic (exact) mass is 661 g/mol. The van der Waals surface area contributed by atoms with Gasteiger partial charge in [0.25, 0.3) is 0 Å². The first-order valence-electron chi connectivity index (χ1n) is 16.8. The number of hydrogen-bond donors (Lipinski definition) is 8. The lowest BCUT2D eigenvalue weighted by Gasteiger charge is -2.48. The number of ether oxygens (including phenoxy) is 5. The summed E-state index contributed by atoms with van der Waals surface area (Å²) in [6, 6.07) is -1.13. The maximum absolute atomic E-state index is 13.0. The normalized spacial score (nSPS) is 41.5. The summed E-state index contributed by atoms with van der Waals surface area (Å²) in [6.45, 7) is 2.56. The number of hydrogen-bond acceptors (Lipinski definition) is 13. The second kappa shape index (κ2) is 17.2. The van der Waals surface area contributed by atoms with Crippen LogP contribution in [0.3, 0.4) is 0 Å². The predicted molar refractivity (Wildman–Crippen MR) is 162 cm³/mol. The van der Waals surface area contributed by atoms with Crippen LogP contribution in [-0.2, 0) is 33.3 Å². The Bertz CT molecular complexity index is 973. The summed E-state index contributed by atoms with van der Waals surface area (Å²) in [6.07, 6.45) is -6.03. The fraction of sp³-hybridized carbons (Fsp3) is 0.935. The van der Waals surface area contributed by atoms with Gasteiger partial charge in [-0.15, -0.1) is 0 Å². The lowest BCUT2D eigenvalue weighted by atomic mass is 9.85. The average molecular weight is 662 g/mol. The quantitative estimate of drug-likeness (QED) is 0.118. The van der Waals surface area contributed by atoms with Crippen LogP contribution in [0.15, 0.2) is 0 Å². The van der Waals surface area contributed by atoms with Crippen molar-refractivity contribution in [1.82, 2.24) is 10.6 Å². The Labute approximate surface area is 270 Å². The third-order valence-corrected chi connectivity index (χ3v) is 9.98. The molecule has 4 rings (SSSR count). The van der Waals surface area contributed by atoms with E-state index in [1.807, 2.05) is 6.92 Å². The number of likely N-dealkylation sites (N-methyl/N-ethyl adjacent to an activating group) is 1. The maximum Gasteiger partial charge on any atom is 0.248 e. The number of carbonyl (C=O) groups excluding carboxylic acids is 2. The van der Waals surface area contributed by atoms with Gasteiger partial charge in [-0.3, -0.25) is 9.59 Å². The number of carbonyl (C=O) groups is 2. The van der Waals surface area contributed by atoms with Crippen LogP contribution in [0.2, 0.25) is 0 Å². The van der Waals surface area contributed by atoms with Crippen LogP contribution in [0.4, 0.5) is 0 Å². The molecule has 0 radical (unpaired) electrons. The van der Waals surface area contributed by atoms with Gasteiger partial charge in [-0.1, -0.05) is 45.4 Å². The fourth-order valence-electron chi connectivity index (χ4n) is 7.20. The molecule has 0 aromatic rings. The molecule has 15 heteroatoms. The van der Waals surface area contributed by atoms with Crippen molar-refractivity contribution in [3.63, 3.8) is 0 Å². The maximum atomic E-state index is 13.0. The number of amides is 2. The van der Waals surface area contributed by atoms with E-state index in [4.69, 9.17) is 29.4 Å². The molecule has 2 amide bonds. The molecule has 2 aliphatic heterocycles. The summed E-state index contributed by atoms with van der Waals surface area (Å²) >= 11 is 0. The lowest BCUT2D eigenvalue weighted by molar-refractivity contribution is -0.336. The molecule has 2 heterocycles. The molecule has 0 aromatic carbocycles. The molecule has 266 valence electrons. The summed E-state index contributed by atoms with van der Waals surface area (Å²) in [4.78, 5) is 25.7. The molecule has 8 unspecified atom stereocenters. The third kappa shape index (κ3) is 8.94. The summed E-state index contributed by atoms with van der Waals surface area (Å²) < 4.78 is 30.8. The van der Waals surface area contributed by atoms with Gasteiger partial charge in [-0.25, -0.2) is 0 Å². The second-order valence-corrected chi connectivity index (χ2v) is 13.3. The Kier molecular flexibility index (Phi) is 14.0. The van der Waals surface area contributed by atoms with Crippen LogP contribution in [-0.4, -0.2) is 137 Å². The molecule has 0 spiro atoms. The van der Waals surface area contributed by atoms with Crippen LogP contribution in [0.5, 0.6) is 0 Å². The van der Waals surface area contributed by atoms with Crippen molar-refractivity contribution in [2.75, 3.05) is 20.2 Å². The van der Waals surface area contributed by atoms with Crippen LogP contribution >= 0.6 is 0 Å². The van der Waals surface area contributed by atoms with Gasteiger partial charge in [0, 0.05) is 7.05 Å². The smallest absolute Gasteiger partial charge is 0.248 e. The Morgan fingerprint density at radius 1 is 0.870 bits per heavy atom.